The van der Waals surface area contributed by atoms with Crippen LogP contribution in [0.15, 0.2) is 29.1 Å². The number of likely N-dealkylation sites (tertiary alicyclic amines) is 1. The molecule has 1 aliphatic rings. The first-order valence-electron chi connectivity index (χ1n) is 7.38. The highest BCUT2D eigenvalue weighted by atomic mass is 16.1. The van der Waals surface area contributed by atoms with Crippen molar-refractivity contribution in [3.63, 3.8) is 0 Å². The van der Waals surface area contributed by atoms with E-state index in [4.69, 9.17) is 0 Å². The van der Waals surface area contributed by atoms with Gasteiger partial charge < -0.3 is 4.98 Å². The predicted octanol–water partition coefficient (Wildman–Crippen LogP) is 2.72. The summed E-state index contributed by atoms with van der Waals surface area (Å²) in [6.07, 6.45) is 2.52. The van der Waals surface area contributed by atoms with E-state index in [1.165, 1.54) is 12.8 Å². The summed E-state index contributed by atoms with van der Waals surface area (Å²) in [7, 11) is 0. The molecule has 1 aromatic carbocycles. The minimum absolute atomic E-state index is 0.0393. The highest BCUT2D eigenvalue weighted by molar-refractivity contribution is 5.77. The zero-order chi connectivity index (χ0) is 14.1. The third kappa shape index (κ3) is 2.48. The quantitative estimate of drug-likeness (QED) is 0.913. The topological polar surface area (TPSA) is 49.0 Å². The standard InChI is InChI=1S/C16H21N3O/c1-11-6-5-9-19(10-11)12(2)15-17-14-8-4-3-7-13(14)16(20)18-15/h3-4,7-8,11-12H,5-6,9-10H2,1-2H3,(H,17,18,20)/t11-,12+/m1/s1. The molecule has 1 aromatic heterocycles. The molecule has 1 fully saturated rings. The summed E-state index contributed by atoms with van der Waals surface area (Å²) in [6.45, 7) is 6.58. The van der Waals surface area contributed by atoms with Gasteiger partial charge in [0.2, 0.25) is 0 Å². The van der Waals surface area contributed by atoms with Gasteiger partial charge in [0, 0.05) is 6.54 Å². The van der Waals surface area contributed by atoms with Crippen molar-refractivity contribution in [2.24, 2.45) is 5.92 Å². The molecule has 20 heavy (non-hydrogen) atoms. The molecule has 2 aromatic rings. The van der Waals surface area contributed by atoms with Gasteiger partial charge in [-0.3, -0.25) is 9.69 Å². The van der Waals surface area contributed by atoms with Crippen molar-refractivity contribution in [2.75, 3.05) is 13.1 Å². The largest absolute Gasteiger partial charge is 0.309 e. The summed E-state index contributed by atoms with van der Waals surface area (Å²) in [5.74, 6) is 1.50. The molecule has 2 atom stereocenters. The first-order chi connectivity index (χ1) is 9.65. The van der Waals surface area contributed by atoms with Crippen LogP contribution in [-0.4, -0.2) is 28.0 Å². The van der Waals surface area contributed by atoms with Crippen molar-refractivity contribution in [3.8, 4) is 0 Å². The lowest BCUT2D eigenvalue weighted by Crippen LogP contribution is -2.37. The van der Waals surface area contributed by atoms with Gasteiger partial charge in [0.05, 0.1) is 16.9 Å². The van der Waals surface area contributed by atoms with E-state index in [-0.39, 0.29) is 11.6 Å². The molecule has 4 nitrogen and oxygen atoms in total. The van der Waals surface area contributed by atoms with Crippen LogP contribution in [0.3, 0.4) is 0 Å². The Hall–Kier alpha value is -1.68. The van der Waals surface area contributed by atoms with Crippen LogP contribution < -0.4 is 5.56 Å². The number of nitrogens with zero attached hydrogens (tertiary/aromatic N) is 2. The van der Waals surface area contributed by atoms with Crippen LogP contribution in [0, 0.1) is 5.92 Å². The van der Waals surface area contributed by atoms with Gasteiger partial charge in [0.15, 0.2) is 0 Å². The SMILES string of the molecule is C[C@@H]1CCCN([C@@H](C)c2nc3ccccc3c(=O)[nH]2)C1. The van der Waals surface area contributed by atoms with Crippen molar-refractivity contribution >= 4 is 10.9 Å². The van der Waals surface area contributed by atoms with E-state index in [0.29, 0.717) is 5.39 Å². The minimum atomic E-state index is -0.0393. The number of hydrogen-bond acceptors (Lipinski definition) is 3. The van der Waals surface area contributed by atoms with E-state index in [1.807, 2.05) is 24.3 Å². The maximum absolute atomic E-state index is 12.1. The number of benzene rings is 1. The van der Waals surface area contributed by atoms with Crippen molar-refractivity contribution in [1.82, 2.24) is 14.9 Å². The Kier molecular flexibility index (Phi) is 3.57. The molecule has 1 N–H and O–H groups in total. The molecule has 1 saturated heterocycles. The number of fused-ring (bicyclic) bond motifs is 1. The number of H-pyrrole nitrogens is 1. The molecule has 1 aliphatic heterocycles. The Balaban J connectivity index is 1.95. The van der Waals surface area contributed by atoms with Gasteiger partial charge in [0.25, 0.3) is 5.56 Å². The summed E-state index contributed by atoms with van der Waals surface area (Å²) < 4.78 is 0. The van der Waals surface area contributed by atoms with E-state index < -0.39 is 0 Å². The molecule has 0 amide bonds. The lowest BCUT2D eigenvalue weighted by molar-refractivity contribution is 0.134. The van der Waals surface area contributed by atoms with Crippen LogP contribution in [0.2, 0.25) is 0 Å². The Bertz CT molecular complexity index is 664. The van der Waals surface area contributed by atoms with Gasteiger partial charge in [-0.25, -0.2) is 4.98 Å². The summed E-state index contributed by atoms with van der Waals surface area (Å²) in [5.41, 5.74) is 0.741. The van der Waals surface area contributed by atoms with Crippen LogP contribution in [0.4, 0.5) is 0 Å². The second-order valence-electron chi connectivity index (χ2n) is 5.89. The van der Waals surface area contributed by atoms with Crippen molar-refractivity contribution in [3.05, 3.63) is 40.4 Å². The fourth-order valence-electron chi connectivity index (χ4n) is 3.05. The molecule has 0 radical (unpaired) electrons. The van der Waals surface area contributed by atoms with Crippen LogP contribution in [0.1, 0.15) is 38.6 Å². The van der Waals surface area contributed by atoms with E-state index in [2.05, 4.69) is 28.7 Å². The molecule has 106 valence electrons. The number of aromatic amines is 1. The minimum Gasteiger partial charge on any atom is -0.309 e. The van der Waals surface area contributed by atoms with Gasteiger partial charge >= 0.3 is 0 Å². The van der Waals surface area contributed by atoms with Gasteiger partial charge in [-0.05, 0) is 44.4 Å². The fourth-order valence-corrected chi connectivity index (χ4v) is 3.05. The molecule has 0 bridgehead atoms. The lowest BCUT2D eigenvalue weighted by Gasteiger charge is -2.34. The molecule has 0 aliphatic carbocycles. The molecule has 0 saturated carbocycles. The van der Waals surface area contributed by atoms with Crippen LogP contribution >= 0.6 is 0 Å². The van der Waals surface area contributed by atoms with E-state index >= 15 is 0 Å². The number of hydrogen-bond donors (Lipinski definition) is 1. The lowest BCUT2D eigenvalue weighted by atomic mass is 9.99. The van der Waals surface area contributed by atoms with Gasteiger partial charge in [-0.15, -0.1) is 0 Å². The summed E-state index contributed by atoms with van der Waals surface area (Å²) in [6, 6.07) is 7.68. The summed E-state index contributed by atoms with van der Waals surface area (Å²) in [4.78, 5) is 22.1. The van der Waals surface area contributed by atoms with E-state index in [9.17, 15) is 4.79 Å². The van der Waals surface area contributed by atoms with Gasteiger partial charge in [0.1, 0.15) is 5.82 Å². The zero-order valence-corrected chi connectivity index (χ0v) is 12.1. The van der Waals surface area contributed by atoms with Gasteiger partial charge in [-0.2, -0.15) is 0 Å². The highest BCUT2D eigenvalue weighted by Crippen LogP contribution is 2.24. The number of piperidine rings is 1. The fraction of sp³-hybridized carbons (Fsp3) is 0.500. The van der Waals surface area contributed by atoms with Gasteiger partial charge in [-0.1, -0.05) is 19.1 Å². The molecule has 0 unspecified atom stereocenters. The number of para-hydroxylation sites is 1. The highest BCUT2D eigenvalue weighted by Gasteiger charge is 2.23. The van der Waals surface area contributed by atoms with Crippen LogP contribution in [-0.2, 0) is 0 Å². The second kappa shape index (κ2) is 5.37. The number of nitrogens with one attached hydrogen (secondary N) is 1. The molecule has 3 rings (SSSR count). The third-order valence-electron chi connectivity index (χ3n) is 4.26. The van der Waals surface area contributed by atoms with Crippen LogP contribution in [0.25, 0.3) is 10.9 Å². The molecule has 0 spiro atoms. The average Bonchev–Trinajstić information content (AvgIpc) is 2.46. The Morgan fingerprint density at radius 2 is 2.20 bits per heavy atom. The normalized spacial score (nSPS) is 22.0. The Morgan fingerprint density at radius 1 is 1.40 bits per heavy atom. The second-order valence-corrected chi connectivity index (χ2v) is 5.89. The number of rotatable bonds is 2. The molecular weight excluding hydrogens is 250 g/mol. The monoisotopic (exact) mass is 271 g/mol. The van der Waals surface area contributed by atoms with E-state index in [1.54, 1.807) is 0 Å². The maximum Gasteiger partial charge on any atom is 0.258 e. The average molecular weight is 271 g/mol. The first-order valence-corrected chi connectivity index (χ1v) is 7.38. The molecule has 4 heteroatoms. The number of aromatic nitrogens is 2. The maximum atomic E-state index is 12.1. The zero-order valence-electron chi connectivity index (χ0n) is 12.1. The van der Waals surface area contributed by atoms with Crippen molar-refractivity contribution < 1.29 is 0 Å². The third-order valence-corrected chi connectivity index (χ3v) is 4.26. The van der Waals surface area contributed by atoms with E-state index in [0.717, 1.165) is 30.3 Å². The molecule has 2 heterocycles. The van der Waals surface area contributed by atoms with Crippen LogP contribution in [0.5, 0.6) is 0 Å². The summed E-state index contributed by atoms with van der Waals surface area (Å²) in [5, 5.41) is 0.662. The van der Waals surface area contributed by atoms with Crippen molar-refractivity contribution in [2.45, 2.75) is 32.7 Å². The Labute approximate surface area is 118 Å². The smallest absolute Gasteiger partial charge is 0.258 e. The first kappa shape index (κ1) is 13.3. The summed E-state index contributed by atoms with van der Waals surface area (Å²) >= 11 is 0. The van der Waals surface area contributed by atoms with Crippen molar-refractivity contribution in [1.29, 1.82) is 0 Å². The Morgan fingerprint density at radius 3 is 3.00 bits per heavy atom. The predicted molar refractivity (Wildman–Crippen MR) is 80.7 cm³/mol. The molecular formula is C16H21N3O.